The Hall–Kier alpha value is -0.480. The number of hydrogen-bond acceptors (Lipinski definition) is 1. The minimum Gasteiger partial charge on any atom is -0.316 e. The Kier molecular flexibility index (Phi) is 3.46. The van der Waals surface area contributed by atoms with Crippen LogP contribution in [-0.4, -0.2) is 13.1 Å². The summed E-state index contributed by atoms with van der Waals surface area (Å²) < 4.78 is 0. The number of rotatable bonds is 2. The van der Waals surface area contributed by atoms with E-state index >= 15 is 0 Å². The van der Waals surface area contributed by atoms with E-state index in [9.17, 15) is 0 Å². The molecule has 0 aliphatic heterocycles. The van der Waals surface area contributed by atoms with Gasteiger partial charge in [0.05, 0.1) is 0 Å². The molecule has 1 nitrogen and oxygen atoms in total. The molecule has 58 valence electrons. The van der Waals surface area contributed by atoms with E-state index in [0.717, 1.165) is 6.42 Å². The van der Waals surface area contributed by atoms with E-state index in [0.29, 0.717) is 6.04 Å². The van der Waals surface area contributed by atoms with E-state index in [1.807, 2.05) is 7.05 Å². The summed E-state index contributed by atoms with van der Waals surface area (Å²) in [5.41, 5.74) is 0.265. The minimum atomic E-state index is 0.265. The van der Waals surface area contributed by atoms with E-state index in [1.165, 1.54) is 0 Å². The molecule has 0 saturated carbocycles. The van der Waals surface area contributed by atoms with E-state index in [-0.39, 0.29) is 5.41 Å². The molecule has 1 atom stereocenters. The fraction of sp³-hybridized carbons (Fsp3) is 0.778. The first-order valence-electron chi connectivity index (χ1n) is 3.63. The SMILES string of the molecule is C#CCC(NC)C(C)(C)C. The molecule has 1 unspecified atom stereocenters. The lowest BCUT2D eigenvalue weighted by molar-refractivity contribution is 0.286. The average Bonchev–Trinajstić information content (AvgIpc) is 1.80. The molecule has 0 rings (SSSR count). The minimum absolute atomic E-state index is 0.265. The predicted molar refractivity (Wildman–Crippen MR) is 45.8 cm³/mol. The molecule has 0 aliphatic rings. The standard InChI is InChI=1S/C9H17N/c1-6-7-8(10-5)9(2,3)4/h1,8,10H,7H2,2-5H3. The third-order valence-corrected chi connectivity index (χ3v) is 1.72. The smallest absolute Gasteiger partial charge is 0.0245 e. The van der Waals surface area contributed by atoms with Gasteiger partial charge >= 0.3 is 0 Å². The Morgan fingerprint density at radius 3 is 2.10 bits per heavy atom. The van der Waals surface area contributed by atoms with Gasteiger partial charge in [0.1, 0.15) is 0 Å². The highest BCUT2D eigenvalue weighted by Crippen LogP contribution is 2.20. The summed E-state index contributed by atoms with van der Waals surface area (Å²) >= 11 is 0. The van der Waals surface area contributed by atoms with Gasteiger partial charge < -0.3 is 5.32 Å². The second kappa shape index (κ2) is 3.63. The van der Waals surface area contributed by atoms with Crippen molar-refractivity contribution in [2.24, 2.45) is 5.41 Å². The zero-order chi connectivity index (χ0) is 8.20. The summed E-state index contributed by atoms with van der Waals surface area (Å²) in [5.74, 6) is 2.66. The summed E-state index contributed by atoms with van der Waals surface area (Å²) in [4.78, 5) is 0. The van der Waals surface area contributed by atoms with Gasteiger partial charge in [0.25, 0.3) is 0 Å². The highest BCUT2D eigenvalue weighted by Gasteiger charge is 2.21. The van der Waals surface area contributed by atoms with Crippen molar-refractivity contribution in [3.63, 3.8) is 0 Å². The topological polar surface area (TPSA) is 12.0 Å². The molecule has 0 aromatic rings. The lowest BCUT2D eigenvalue weighted by Crippen LogP contribution is -2.37. The number of terminal acetylenes is 1. The normalized spacial score (nSPS) is 14.3. The van der Waals surface area contributed by atoms with Crippen molar-refractivity contribution in [3.05, 3.63) is 0 Å². The third-order valence-electron chi connectivity index (χ3n) is 1.72. The van der Waals surface area contributed by atoms with Crippen molar-refractivity contribution in [1.82, 2.24) is 5.32 Å². The lowest BCUT2D eigenvalue weighted by atomic mass is 9.85. The Balaban J connectivity index is 3.97. The quantitative estimate of drug-likeness (QED) is 0.573. The van der Waals surface area contributed by atoms with Crippen LogP contribution in [-0.2, 0) is 0 Å². The van der Waals surface area contributed by atoms with Gasteiger partial charge in [-0.1, -0.05) is 20.8 Å². The van der Waals surface area contributed by atoms with Gasteiger partial charge in [-0.2, -0.15) is 0 Å². The van der Waals surface area contributed by atoms with Gasteiger partial charge in [0.15, 0.2) is 0 Å². The largest absolute Gasteiger partial charge is 0.316 e. The van der Waals surface area contributed by atoms with Gasteiger partial charge in [0, 0.05) is 12.5 Å². The fourth-order valence-electron chi connectivity index (χ4n) is 0.959. The second-order valence-electron chi connectivity index (χ2n) is 3.62. The van der Waals surface area contributed by atoms with Gasteiger partial charge in [-0.25, -0.2) is 0 Å². The van der Waals surface area contributed by atoms with Gasteiger partial charge in [-0.15, -0.1) is 12.3 Å². The molecule has 0 spiro atoms. The van der Waals surface area contributed by atoms with Gasteiger partial charge in [-0.3, -0.25) is 0 Å². The highest BCUT2D eigenvalue weighted by atomic mass is 14.9. The van der Waals surface area contributed by atoms with Gasteiger partial charge in [-0.05, 0) is 12.5 Å². The Morgan fingerprint density at radius 1 is 1.50 bits per heavy atom. The molecule has 10 heavy (non-hydrogen) atoms. The van der Waals surface area contributed by atoms with Crippen molar-refractivity contribution in [2.75, 3.05) is 7.05 Å². The van der Waals surface area contributed by atoms with Crippen molar-refractivity contribution in [1.29, 1.82) is 0 Å². The summed E-state index contributed by atoms with van der Waals surface area (Å²) in [7, 11) is 1.95. The molecule has 1 N–H and O–H groups in total. The zero-order valence-electron chi connectivity index (χ0n) is 7.36. The Morgan fingerprint density at radius 2 is 2.00 bits per heavy atom. The molecule has 0 radical (unpaired) electrons. The van der Waals surface area contributed by atoms with Crippen LogP contribution < -0.4 is 5.32 Å². The van der Waals surface area contributed by atoms with Crippen LogP contribution in [0.3, 0.4) is 0 Å². The van der Waals surface area contributed by atoms with Crippen LogP contribution in [0.4, 0.5) is 0 Å². The number of nitrogens with one attached hydrogen (secondary N) is 1. The summed E-state index contributed by atoms with van der Waals surface area (Å²) in [6, 6.07) is 0.428. The third kappa shape index (κ3) is 2.89. The molecular weight excluding hydrogens is 122 g/mol. The first kappa shape index (κ1) is 9.52. The van der Waals surface area contributed by atoms with Crippen molar-refractivity contribution < 1.29 is 0 Å². The van der Waals surface area contributed by atoms with Crippen molar-refractivity contribution in [2.45, 2.75) is 33.2 Å². The van der Waals surface area contributed by atoms with Crippen molar-refractivity contribution in [3.8, 4) is 12.3 Å². The maximum Gasteiger partial charge on any atom is 0.0245 e. The number of hydrogen-bond donors (Lipinski definition) is 1. The molecule has 0 aromatic carbocycles. The molecule has 0 aromatic heterocycles. The highest BCUT2D eigenvalue weighted by molar-refractivity contribution is 4.93. The van der Waals surface area contributed by atoms with Crippen LogP contribution in [0.2, 0.25) is 0 Å². The van der Waals surface area contributed by atoms with Gasteiger partial charge in [0.2, 0.25) is 0 Å². The molecule has 0 saturated heterocycles. The van der Waals surface area contributed by atoms with Crippen molar-refractivity contribution >= 4 is 0 Å². The first-order chi connectivity index (χ1) is 4.52. The summed E-state index contributed by atoms with van der Waals surface area (Å²) in [6.07, 6.45) is 6.02. The first-order valence-corrected chi connectivity index (χ1v) is 3.63. The van der Waals surface area contributed by atoms with E-state index < -0.39 is 0 Å². The second-order valence-corrected chi connectivity index (χ2v) is 3.62. The van der Waals surface area contributed by atoms with Crippen LogP contribution in [0.1, 0.15) is 27.2 Å². The Bertz CT molecular complexity index is 125. The fourth-order valence-corrected chi connectivity index (χ4v) is 0.959. The van der Waals surface area contributed by atoms with Crippen LogP contribution in [0, 0.1) is 17.8 Å². The molecule has 0 heterocycles. The van der Waals surface area contributed by atoms with E-state index in [2.05, 4.69) is 32.0 Å². The summed E-state index contributed by atoms with van der Waals surface area (Å²) in [6.45, 7) is 6.56. The molecular formula is C9H17N. The molecule has 0 fully saturated rings. The van der Waals surface area contributed by atoms with E-state index in [4.69, 9.17) is 6.42 Å². The zero-order valence-corrected chi connectivity index (χ0v) is 7.36. The predicted octanol–water partition coefficient (Wildman–Crippen LogP) is 1.64. The van der Waals surface area contributed by atoms with Crippen LogP contribution in [0.15, 0.2) is 0 Å². The molecule has 1 heteroatoms. The van der Waals surface area contributed by atoms with Crippen LogP contribution in [0.25, 0.3) is 0 Å². The molecule has 0 amide bonds. The molecule has 0 bridgehead atoms. The maximum absolute atomic E-state index is 5.21. The molecule has 0 aliphatic carbocycles. The summed E-state index contributed by atoms with van der Waals surface area (Å²) in [5, 5.41) is 3.20. The monoisotopic (exact) mass is 139 g/mol. The maximum atomic E-state index is 5.21. The average molecular weight is 139 g/mol. The van der Waals surface area contributed by atoms with Crippen LogP contribution in [0.5, 0.6) is 0 Å². The van der Waals surface area contributed by atoms with E-state index in [1.54, 1.807) is 0 Å². The lowest BCUT2D eigenvalue weighted by Gasteiger charge is -2.28. The van der Waals surface area contributed by atoms with Crippen LogP contribution >= 0.6 is 0 Å². The Labute approximate surface area is 64.2 Å².